The van der Waals surface area contributed by atoms with E-state index in [9.17, 15) is 5.11 Å². The van der Waals surface area contributed by atoms with E-state index in [1.165, 1.54) is 17.3 Å². The number of piperidine rings is 1. The predicted octanol–water partition coefficient (Wildman–Crippen LogP) is 3.38. The maximum Gasteiger partial charge on any atom is 0.198 e. The summed E-state index contributed by atoms with van der Waals surface area (Å²) in [5.74, 6) is 0.943. The number of furan rings is 1. The normalized spacial score (nSPS) is 20.5. The van der Waals surface area contributed by atoms with E-state index in [0.29, 0.717) is 0 Å². The minimum absolute atomic E-state index is 0.0809. The third kappa shape index (κ3) is 4.48. The molecule has 0 spiro atoms. The highest BCUT2D eigenvalue weighted by Gasteiger charge is 2.35. The summed E-state index contributed by atoms with van der Waals surface area (Å²) in [6, 6.07) is 14.5. The number of aliphatic hydroxyl groups excluding tert-OH is 1. The highest BCUT2D eigenvalue weighted by atomic mass is 32.2. The van der Waals surface area contributed by atoms with Crippen molar-refractivity contribution in [2.75, 3.05) is 19.7 Å². The molecule has 7 heteroatoms. The fourth-order valence-electron chi connectivity index (χ4n) is 3.98. The summed E-state index contributed by atoms with van der Waals surface area (Å²) in [4.78, 5) is 2.40. The van der Waals surface area contributed by atoms with Gasteiger partial charge >= 0.3 is 0 Å². The van der Waals surface area contributed by atoms with Crippen molar-refractivity contribution in [3.8, 4) is 0 Å². The predicted molar refractivity (Wildman–Crippen MR) is 108 cm³/mol. The Morgan fingerprint density at radius 1 is 1.21 bits per heavy atom. The molecule has 3 aromatic rings. The Morgan fingerprint density at radius 2 is 2.07 bits per heavy atom. The van der Waals surface area contributed by atoms with Gasteiger partial charge in [-0.05, 0) is 55.3 Å². The average Bonchev–Trinajstić information content (AvgIpc) is 3.32. The molecule has 1 atom stereocenters. The lowest BCUT2D eigenvalue weighted by atomic mass is 9.75. The van der Waals surface area contributed by atoms with Crippen LogP contribution in [0.1, 0.15) is 24.2 Å². The zero-order valence-corrected chi connectivity index (χ0v) is 16.9. The van der Waals surface area contributed by atoms with Crippen molar-refractivity contribution >= 4 is 11.8 Å². The van der Waals surface area contributed by atoms with Crippen LogP contribution in [0.25, 0.3) is 0 Å². The van der Waals surface area contributed by atoms with E-state index in [4.69, 9.17) is 4.42 Å². The van der Waals surface area contributed by atoms with Crippen LogP contribution in [0.2, 0.25) is 0 Å². The van der Waals surface area contributed by atoms with Crippen molar-refractivity contribution in [1.29, 1.82) is 0 Å². The number of aryl methyl sites for hydroxylation is 1. The molecule has 1 unspecified atom stereocenters. The standard InChI is InChI=1S/C21H26N4O2S/c1-24-16-22-23-20(24)28-19-9-8-18(27-19)13-25-11-5-10-21(14-25,15-26)12-17-6-3-2-4-7-17/h2-4,6-9,16,26H,5,10-15H2,1H3. The van der Waals surface area contributed by atoms with E-state index in [0.717, 1.165) is 54.9 Å². The first-order valence-corrected chi connectivity index (χ1v) is 10.5. The Morgan fingerprint density at radius 3 is 2.82 bits per heavy atom. The number of benzene rings is 1. The minimum atomic E-state index is -0.0809. The van der Waals surface area contributed by atoms with Gasteiger partial charge in [-0.1, -0.05) is 30.3 Å². The molecule has 0 aliphatic carbocycles. The quantitative estimate of drug-likeness (QED) is 0.658. The molecule has 2 aromatic heterocycles. The molecule has 28 heavy (non-hydrogen) atoms. The lowest BCUT2D eigenvalue weighted by molar-refractivity contribution is 0.0257. The summed E-state index contributed by atoms with van der Waals surface area (Å²) < 4.78 is 7.88. The third-order valence-corrected chi connectivity index (χ3v) is 6.35. The van der Waals surface area contributed by atoms with Gasteiger partial charge < -0.3 is 14.1 Å². The van der Waals surface area contributed by atoms with Crippen LogP contribution in [-0.4, -0.2) is 44.5 Å². The molecule has 1 aliphatic rings. The molecule has 148 valence electrons. The molecule has 1 aromatic carbocycles. The van der Waals surface area contributed by atoms with Crippen LogP contribution >= 0.6 is 11.8 Å². The molecule has 4 rings (SSSR count). The molecule has 0 radical (unpaired) electrons. The first kappa shape index (κ1) is 19.2. The van der Waals surface area contributed by atoms with Gasteiger partial charge in [0.05, 0.1) is 13.2 Å². The summed E-state index contributed by atoms with van der Waals surface area (Å²) in [6.07, 6.45) is 4.74. The Bertz CT molecular complexity index is 895. The Kier molecular flexibility index (Phi) is 5.85. The molecule has 1 fully saturated rings. The molecule has 0 amide bonds. The summed E-state index contributed by atoms with van der Waals surface area (Å²) in [6.45, 7) is 2.88. The number of likely N-dealkylation sites (tertiary alicyclic amines) is 1. The van der Waals surface area contributed by atoms with E-state index in [1.807, 2.05) is 29.8 Å². The molecule has 1 saturated heterocycles. The van der Waals surface area contributed by atoms with Crippen molar-refractivity contribution in [3.05, 3.63) is 60.1 Å². The highest BCUT2D eigenvalue weighted by Crippen LogP contribution is 2.34. The minimum Gasteiger partial charge on any atom is -0.453 e. The Labute approximate surface area is 169 Å². The van der Waals surface area contributed by atoms with Crippen molar-refractivity contribution in [2.24, 2.45) is 12.5 Å². The molecule has 0 saturated carbocycles. The van der Waals surface area contributed by atoms with E-state index >= 15 is 0 Å². The number of rotatable bonds is 7. The molecule has 3 heterocycles. The van der Waals surface area contributed by atoms with Gasteiger partial charge in [-0.2, -0.15) is 0 Å². The van der Waals surface area contributed by atoms with Crippen molar-refractivity contribution in [2.45, 2.75) is 36.1 Å². The molecular weight excluding hydrogens is 372 g/mol. The summed E-state index contributed by atoms with van der Waals surface area (Å²) >= 11 is 1.47. The Balaban J connectivity index is 1.40. The monoisotopic (exact) mass is 398 g/mol. The largest absolute Gasteiger partial charge is 0.453 e. The third-order valence-electron chi connectivity index (χ3n) is 5.38. The fraction of sp³-hybridized carbons (Fsp3) is 0.429. The van der Waals surface area contributed by atoms with E-state index in [1.54, 1.807) is 6.33 Å². The van der Waals surface area contributed by atoms with Crippen LogP contribution in [-0.2, 0) is 20.0 Å². The van der Waals surface area contributed by atoms with Crippen LogP contribution in [0, 0.1) is 5.41 Å². The lowest BCUT2D eigenvalue weighted by Gasteiger charge is -2.41. The average molecular weight is 399 g/mol. The zero-order valence-electron chi connectivity index (χ0n) is 16.1. The van der Waals surface area contributed by atoms with Gasteiger partial charge in [-0.3, -0.25) is 4.90 Å². The van der Waals surface area contributed by atoms with Crippen molar-refractivity contribution in [1.82, 2.24) is 19.7 Å². The van der Waals surface area contributed by atoms with Gasteiger partial charge in [-0.15, -0.1) is 10.2 Å². The molecule has 1 N–H and O–H groups in total. The van der Waals surface area contributed by atoms with Crippen molar-refractivity contribution < 1.29 is 9.52 Å². The second-order valence-corrected chi connectivity index (χ2v) is 8.65. The van der Waals surface area contributed by atoms with Gasteiger partial charge in [0.15, 0.2) is 10.2 Å². The van der Waals surface area contributed by atoms with Crippen LogP contribution in [0.4, 0.5) is 0 Å². The smallest absolute Gasteiger partial charge is 0.198 e. The summed E-state index contributed by atoms with van der Waals surface area (Å²) in [5, 5.41) is 19.8. The van der Waals surface area contributed by atoms with Gasteiger partial charge in [-0.25, -0.2) is 0 Å². The van der Waals surface area contributed by atoms with E-state index < -0.39 is 0 Å². The zero-order chi connectivity index (χ0) is 19.4. The second kappa shape index (κ2) is 8.51. The second-order valence-electron chi connectivity index (χ2n) is 7.68. The van der Waals surface area contributed by atoms with Gasteiger partial charge in [0.25, 0.3) is 0 Å². The number of hydrogen-bond acceptors (Lipinski definition) is 6. The fourth-order valence-corrected chi connectivity index (χ4v) is 4.72. The number of hydrogen-bond donors (Lipinski definition) is 1. The summed E-state index contributed by atoms with van der Waals surface area (Å²) in [5.41, 5.74) is 1.21. The van der Waals surface area contributed by atoms with Crippen molar-refractivity contribution in [3.63, 3.8) is 0 Å². The molecular formula is C21H26N4O2S. The maximum atomic E-state index is 10.2. The highest BCUT2D eigenvalue weighted by molar-refractivity contribution is 7.99. The van der Waals surface area contributed by atoms with Crippen LogP contribution in [0.5, 0.6) is 0 Å². The van der Waals surface area contributed by atoms with Crippen LogP contribution in [0.3, 0.4) is 0 Å². The molecule has 0 bridgehead atoms. The SMILES string of the molecule is Cn1cnnc1Sc1ccc(CN2CCCC(CO)(Cc3ccccc3)C2)o1. The van der Waals surface area contributed by atoms with Gasteiger partial charge in [0.1, 0.15) is 12.1 Å². The first-order chi connectivity index (χ1) is 13.7. The number of nitrogens with zero attached hydrogens (tertiary/aromatic N) is 4. The van der Waals surface area contributed by atoms with Gasteiger partial charge in [0.2, 0.25) is 0 Å². The molecule has 1 aliphatic heterocycles. The first-order valence-electron chi connectivity index (χ1n) is 9.63. The molecule has 6 nitrogen and oxygen atoms in total. The summed E-state index contributed by atoms with van der Waals surface area (Å²) in [7, 11) is 1.92. The van der Waals surface area contributed by atoms with Crippen LogP contribution in [0.15, 0.2) is 63.5 Å². The van der Waals surface area contributed by atoms with Crippen LogP contribution < -0.4 is 0 Å². The number of aromatic nitrogens is 3. The van der Waals surface area contributed by atoms with E-state index in [2.05, 4.69) is 39.4 Å². The lowest BCUT2D eigenvalue weighted by Crippen LogP contribution is -2.46. The Hall–Kier alpha value is -2.09. The number of aliphatic hydroxyl groups is 1. The maximum absolute atomic E-state index is 10.2. The topological polar surface area (TPSA) is 67.3 Å². The van der Waals surface area contributed by atoms with E-state index in [-0.39, 0.29) is 12.0 Å². The van der Waals surface area contributed by atoms with Gasteiger partial charge in [0, 0.05) is 19.0 Å².